The number of benzene rings is 2. The van der Waals surface area contributed by atoms with Gasteiger partial charge in [0.2, 0.25) is 5.91 Å². The van der Waals surface area contributed by atoms with Gasteiger partial charge in [0.05, 0.1) is 12.6 Å². The van der Waals surface area contributed by atoms with Crippen LogP contribution in [-0.2, 0) is 24.2 Å². The van der Waals surface area contributed by atoms with E-state index in [1.807, 2.05) is 32.0 Å². The van der Waals surface area contributed by atoms with E-state index in [2.05, 4.69) is 45.9 Å². The smallest absolute Gasteiger partial charge is 0.237 e. The van der Waals surface area contributed by atoms with Gasteiger partial charge in [0.25, 0.3) is 0 Å². The van der Waals surface area contributed by atoms with E-state index in [0.717, 1.165) is 38.1 Å². The molecule has 2 N–H and O–H groups in total. The number of fused-ring (bicyclic) bond motifs is 1. The van der Waals surface area contributed by atoms with Crippen molar-refractivity contribution in [3.63, 3.8) is 0 Å². The van der Waals surface area contributed by atoms with Crippen molar-refractivity contribution >= 4 is 5.91 Å². The van der Waals surface area contributed by atoms with Crippen LogP contribution in [0.4, 0.5) is 0 Å². The molecule has 0 saturated carbocycles. The highest BCUT2D eigenvalue weighted by atomic mass is 16.5. The number of likely N-dealkylation sites (tertiary alicyclic amines) is 1. The van der Waals surface area contributed by atoms with Crippen molar-refractivity contribution in [3.8, 4) is 5.75 Å². The van der Waals surface area contributed by atoms with Crippen LogP contribution >= 0.6 is 0 Å². The molecule has 2 aromatic carbocycles. The maximum atomic E-state index is 12.8. The number of hydrogen-bond acceptors (Lipinski definition) is 4. The number of nitrogens with one attached hydrogen (secondary N) is 2. The lowest BCUT2D eigenvalue weighted by atomic mass is 10.1. The quantitative estimate of drug-likeness (QED) is 0.707. The molecule has 160 valence electrons. The van der Waals surface area contributed by atoms with Gasteiger partial charge < -0.3 is 15.4 Å². The molecule has 1 amide bonds. The Morgan fingerprint density at radius 3 is 2.47 bits per heavy atom. The first-order valence-electron chi connectivity index (χ1n) is 11.2. The molecule has 2 atom stereocenters. The molecule has 1 fully saturated rings. The predicted molar refractivity (Wildman–Crippen MR) is 120 cm³/mol. The number of amides is 1. The molecule has 5 nitrogen and oxygen atoms in total. The molecular weight excluding hydrogens is 374 g/mol. The maximum absolute atomic E-state index is 12.8. The number of rotatable bonds is 8. The Morgan fingerprint density at radius 1 is 1.07 bits per heavy atom. The first-order chi connectivity index (χ1) is 14.7. The first-order valence-corrected chi connectivity index (χ1v) is 11.2. The summed E-state index contributed by atoms with van der Waals surface area (Å²) in [6, 6.07) is 17.5. The first kappa shape index (κ1) is 20.9. The lowest BCUT2D eigenvalue weighted by Crippen LogP contribution is -2.48. The summed E-state index contributed by atoms with van der Waals surface area (Å²) in [4.78, 5) is 15.3. The number of nitrogens with zero attached hydrogens (tertiary/aromatic N) is 1. The largest absolute Gasteiger partial charge is 0.494 e. The highest BCUT2D eigenvalue weighted by Gasteiger charge is 2.41. The predicted octanol–water partition coefficient (Wildman–Crippen LogP) is 2.92. The standard InChI is InChI=1S/C25H33N3O2/c1-3-26-25(29)23-15-21(27-16-20-11-7-8-12-24(20)30-4-2)17-28(23)22-13-18-9-5-6-10-19(18)14-22/h5-12,21-23,27H,3-4,13-17H2,1-2H3,(H,26,29)/t21-,23+/m1/s1. The SMILES string of the molecule is CCNC(=O)[C@@H]1C[C@@H](NCc2ccccc2OCC)CN1C1Cc2ccccc2C1. The normalized spacial score (nSPS) is 21.5. The summed E-state index contributed by atoms with van der Waals surface area (Å²) in [6.07, 6.45) is 2.91. The van der Waals surface area contributed by atoms with Crippen LogP contribution in [0.1, 0.15) is 37.0 Å². The van der Waals surface area contributed by atoms with Crippen molar-refractivity contribution < 1.29 is 9.53 Å². The van der Waals surface area contributed by atoms with E-state index in [0.29, 0.717) is 19.2 Å². The molecule has 1 saturated heterocycles. The zero-order chi connectivity index (χ0) is 20.9. The Hall–Kier alpha value is -2.37. The minimum atomic E-state index is -0.0658. The van der Waals surface area contributed by atoms with Crippen molar-refractivity contribution in [1.82, 2.24) is 15.5 Å². The van der Waals surface area contributed by atoms with Crippen LogP contribution in [0, 0.1) is 0 Å². The summed E-state index contributed by atoms with van der Waals surface area (Å²) in [5.41, 5.74) is 4.03. The summed E-state index contributed by atoms with van der Waals surface area (Å²) >= 11 is 0. The minimum absolute atomic E-state index is 0.0658. The highest BCUT2D eigenvalue weighted by Crippen LogP contribution is 2.31. The molecule has 2 aliphatic rings. The molecule has 1 heterocycles. The summed E-state index contributed by atoms with van der Waals surface area (Å²) in [6.45, 7) is 6.99. The third-order valence-corrected chi connectivity index (χ3v) is 6.35. The molecule has 2 aromatic rings. The number of hydrogen-bond donors (Lipinski definition) is 2. The average Bonchev–Trinajstić information content (AvgIpc) is 3.37. The van der Waals surface area contributed by atoms with Gasteiger partial charge in [0.15, 0.2) is 0 Å². The van der Waals surface area contributed by atoms with Crippen molar-refractivity contribution in [2.24, 2.45) is 0 Å². The Morgan fingerprint density at radius 2 is 1.77 bits per heavy atom. The summed E-state index contributed by atoms with van der Waals surface area (Å²) in [5, 5.41) is 6.75. The van der Waals surface area contributed by atoms with E-state index in [1.165, 1.54) is 16.7 Å². The number of ether oxygens (including phenoxy) is 1. The molecular formula is C25H33N3O2. The monoisotopic (exact) mass is 407 g/mol. The van der Waals surface area contributed by atoms with Gasteiger partial charge in [-0.3, -0.25) is 9.69 Å². The molecule has 1 aliphatic heterocycles. The average molecular weight is 408 g/mol. The summed E-state index contributed by atoms with van der Waals surface area (Å²) in [7, 11) is 0. The van der Waals surface area contributed by atoms with Crippen molar-refractivity contribution in [3.05, 3.63) is 65.2 Å². The van der Waals surface area contributed by atoms with E-state index in [-0.39, 0.29) is 18.0 Å². The molecule has 0 radical (unpaired) electrons. The molecule has 0 unspecified atom stereocenters. The Labute approximate surface area is 179 Å². The second-order valence-corrected chi connectivity index (χ2v) is 8.29. The maximum Gasteiger partial charge on any atom is 0.237 e. The van der Waals surface area contributed by atoms with Crippen LogP contribution in [0.5, 0.6) is 5.75 Å². The number of carbonyl (C=O) groups excluding carboxylic acids is 1. The summed E-state index contributed by atoms with van der Waals surface area (Å²) in [5.74, 6) is 1.10. The van der Waals surface area contributed by atoms with Crippen LogP contribution < -0.4 is 15.4 Å². The second kappa shape index (κ2) is 9.63. The number of carbonyl (C=O) groups is 1. The summed E-state index contributed by atoms with van der Waals surface area (Å²) < 4.78 is 5.77. The van der Waals surface area contributed by atoms with Gasteiger partial charge in [0.1, 0.15) is 5.75 Å². The molecule has 0 spiro atoms. The molecule has 0 bridgehead atoms. The molecule has 5 heteroatoms. The van der Waals surface area contributed by atoms with Crippen LogP contribution in [0.2, 0.25) is 0 Å². The molecule has 30 heavy (non-hydrogen) atoms. The van der Waals surface area contributed by atoms with Crippen molar-refractivity contribution in [2.45, 2.75) is 57.8 Å². The lowest BCUT2D eigenvalue weighted by molar-refractivity contribution is -0.126. The van der Waals surface area contributed by atoms with Crippen molar-refractivity contribution in [1.29, 1.82) is 0 Å². The minimum Gasteiger partial charge on any atom is -0.494 e. The zero-order valence-electron chi connectivity index (χ0n) is 18.1. The van der Waals surface area contributed by atoms with Gasteiger partial charge in [-0.25, -0.2) is 0 Å². The van der Waals surface area contributed by atoms with Gasteiger partial charge in [-0.15, -0.1) is 0 Å². The number of likely N-dealkylation sites (N-methyl/N-ethyl adjacent to an activating group) is 1. The third kappa shape index (κ3) is 4.52. The Bertz CT molecular complexity index is 844. The van der Waals surface area contributed by atoms with Crippen molar-refractivity contribution in [2.75, 3.05) is 19.7 Å². The molecule has 4 rings (SSSR count). The van der Waals surface area contributed by atoms with E-state index in [9.17, 15) is 4.79 Å². The number of para-hydroxylation sites is 1. The topological polar surface area (TPSA) is 53.6 Å². The van der Waals surface area contributed by atoms with E-state index in [4.69, 9.17) is 4.74 Å². The second-order valence-electron chi connectivity index (χ2n) is 8.29. The van der Waals surface area contributed by atoms with E-state index in [1.54, 1.807) is 0 Å². The van der Waals surface area contributed by atoms with Crippen LogP contribution in [0.25, 0.3) is 0 Å². The lowest BCUT2D eigenvalue weighted by Gasteiger charge is -2.29. The fraction of sp³-hybridized carbons (Fsp3) is 0.480. The Balaban J connectivity index is 1.44. The van der Waals surface area contributed by atoms with Crippen LogP contribution in [0.3, 0.4) is 0 Å². The van der Waals surface area contributed by atoms with Crippen LogP contribution in [-0.4, -0.2) is 48.6 Å². The van der Waals surface area contributed by atoms with Gasteiger partial charge in [-0.2, -0.15) is 0 Å². The van der Waals surface area contributed by atoms with Gasteiger partial charge in [-0.05, 0) is 50.3 Å². The highest BCUT2D eigenvalue weighted by molar-refractivity contribution is 5.82. The van der Waals surface area contributed by atoms with Gasteiger partial charge >= 0.3 is 0 Å². The fourth-order valence-corrected chi connectivity index (χ4v) is 4.93. The third-order valence-electron chi connectivity index (χ3n) is 6.35. The van der Waals surface area contributed by atoms with E-state index >= 15 is 0 Å². The van der Waals surface area contributed by atoms with Gasteiger partial charge in [0, 0.05) is 37.3 Å². The van der Waals surface area contributed by atoms with Crippen LogP contribution in [0.15, 0.2) is 48.5 Å². The molecule has 0 aromatic heterocycles. The zero-order valence-corrected chi connectivity index (χ0v) is 18.1. The molecule has 1 aliphatic carbocycles. The Kier molecular flexibility index (Phi) is 6.70. The fourth-order valence-electron chi connectivity index (χ4n) is 4.93. The van der Waals surface area contributed by atoms with Gasteiger partial charge in [-0.1, -0.05) is 42.5 Å². The van der Waals surface area contributed by atoms with E-state index < -0.39 is 0 Å².